The molecule has 386 valence electrons. The predicted molar refractivity (Wildman–Crippen MR) is 327 cm³/mol. The number of anilines is 4. The number of hydrogen-bond donors (Lipinski definition) is 0. The van der Waals surface area contributed by atoms with Crippen molar-refractivity contribution in [3.8, 4) is 28.4 Å². The van der Waals surface area contributed by atoms with Crippen LogP contribution in [0, 0.1) is 0 Å². The highest BCUT2D eigenvalue weighted by Crippen LogP contribution is 2.50. The fourth-order valence-corrected chi connectivity index (χ4v) is 11.6. The molecule has 2 aromatic heterocycles. The first-order valence-corrected chi connectivity index (χ1v) is 27.4. The molecule has 0 saturated heterocycles. The summed E-state index contributed by atoms with van der Waals surface area (Å²) in [6, 6.07) is 84.0. The molecule has 5 nitrogen and oxygen atoms in total. The third kappa shape index (κ3) is 9.11. The lowest BCUT2D eigenvalue weighted by atomic mass is 9.73. The van der Waals surface area contributed by atoms with E-state index in [4.69, 9.17) is 9.72 Å². The van der Waals surface area contributed by atoms with E-state index < -0.39 is 0 Å². The van der Waals surface area contributed by atoms with Gasteiger partial charge in [-0.3, -0.25) is 4.57 Å². The first-order valence-electron chi connectivity index (χ1n) is 27.4. The second kappa shape index (κ2) is 19.4. The zero-order valence-corrected chi connectivity index (χ0v) is 46.4. The van der Waals surface area contributed by atoms with Crippen molar-refractivity contribution in [2.24, 2.45) is 0 Å². The average Bonchev–Trinajstić information content (AvgIpc) is 4.25. The second-order valence-electron chi connectivity index (χ2n) is 23.8. The number of aromatic nitrogens is 2. The molecular weight excluding hydrogens is 949 g/mol. The Bertz CT molecular complexity index is 3910. The number of pyridine rings is 1. The van der Waals surface area contributed by atoms with Gasteiger partial charge in [-0.1, -0.05) is 208 Å². The third-order valence-electron chi connectivity index (χ3n) is 16.8. The summed E-state index contributed by atoms with van der Waals surface area (Å²) in [5.74, 6) is 2.39. The van der Waals surface area contributed by atoms with Gasteiger partial charge in [-0.25, -0.2) is 4.98 Å². The number of fused-ring (bicyclic) bond motifs is 4. The summed E-state index contributed by atoms with van der Waals surface area (Å²) in [6.45, 7) is 21.4. The minimum atomic E-state index is -0.272. The Labute approximate surface area is 461 Å². The largest absolute Gasteiger partial charge is 0.457 e. The predicted octanol–water partition coefficient (Wildman–Crippen LogP) is 19.2. The van der Waals surface area contributed by atoms with Crippen LogP contribution in [0.1, 0.15) is 101 Å². The lowest BCUT2D eigenvalue weighted by Crippen LogP contribution is -2.27. The van der Waals surface area contributed by atoms with Crippen LogP contribution in [0.5, 0.6) is 11.5 Å². The number of nitrogens with zero attached hydrogens (tertiary/aromatic N) is 4. The molecule has 12 rings (SSSR count). The van der Waals surface area contributed by atoms with Crippen molar-refractivity contribution in [1.29, 1.82) is 0 Å². The Morgan fingerprint density at radius 2 is 0.936 bits per heavy atom. The third-order valence-corrected chi connectivity index (χ3v) is 16.8. The first kappa shape index (κ1) is 50.2. The van der Waals surface area contributed by atoms with E-state index in [-0.39, 0.29) is 21.7 Å². The van der Waals surface area contributed by atoms with Gasteiger partial charge in [-0.15, -0.1) is 0 Å². The topological polar surface area (TPSA) is 33.5 Å². The van der Waals surface area contributed by atoms with Crippen molar-refractivity contribution in [2.75, 3.05) is 16.5 Å². The van der Waals surface area contributed by atoms with Crippen molar-refractivity contribution in [1.82, 2.24) is 9.55 Å². The lowest BCUT2D eigenvalue weighted by molar-refractivity contribution is 0.483. The van der Waals surface area contributed by atoms with Gasteiger partial charge < -0.3 is 14.5 Å². The summed E-state index contributed by atoms with van der Waals surface area (Å²) in [5, 5.41) is 2.31. The maximum Gasteiger partial charge on any atom is 0.137 e. The molecule has 11 aromatic rings. The van der Waals surface area contributed by atoms with E-state index >= 15 is 0 Å². The minimum Gasteiger partial charge on any atom is -0.457 e. The Balaban J connectivity index is 0.969. The van der Waals surface area contributed by atoms with Crippen molar-refractivity contribution in [3.63, 3.8) is 0 Å². The molecule has 5 heteroatoms. The maximum atomic E-state index is 7.00. The Hall–Kier alpha value is -8.67. The Morgan fingerprint density at radius 3 is 1.55 bits per heavy atom. The number of ether oxygens (including phenoxy) is 1. The standard InChI is InChI=1S/C73H68N4O/c1-70(2,3)55-39-40-74-69(46-55)77-65-37-33-51(50-23-14-10-15-24-50)41-64(65)63-36-35-62(48-67(63)77)78-61-32-22-31-59(47-61)75-49-76(66-38-34-56(45-68(66)75)71(4,5)52-25-16-11-17-26-52)60-43-57(72(6,7)53-27-18-12-19-28-53)42-58(44-60)73(8,9)54-29-20-13-21-30-54/h10-48H,49H2,1-9H3. The van der Waals surface area contributed by atoms with Gasteiger partial charge in [-0.2, -0.15) is 0 Å². The van der Waals surface area contributed by atoms with Gasteiger partial charge in [0.2, 0.25) is 0 Å². The molecule has 0 unspecified atom stereocenters. The number of benzene rings is 9. The fraction of sp³-hybridized carbons (Fsp3) is 0.192. The van der Waals surface area contributed by atoms with Crippen LogP contribution in [0.15, 0.2) is 237 Å². The van der Waals surface area contributed by atoms with Crippen LogP contribution in [0.2, 0.25) is 0 Å². The van der Waals surface area contributed by atoms with Gasteiger partial charge in [0.15, 0.2) is 0 Å². The number of hydrogen-bond acceptors (Lipinski definition) is 4. The zero-order valence-electron chi connectivity index (χ0n) is 46.4. The van der Waals surface area contributed by atoms with E-state index in [1.54, 1.807) is 0 Å². The molecule has 1 aliphatic heterocycles. The van der Waals surface area contributed by atoms with E-state index in [9.17, 15) is 0 Å². The molecule has 78 heavy (non-hydrogen) atoms. The fourth-order valence-electron chi connectivity index (χ4n) is 11.6. The Kier molecular flexibility index (Phi) is 12.5. The van der Waals surface area contributed by atoms with Crippen LogP contribution < -0.4 is 14.5 Å². The molecule has 1 aliphatic rings. The highest BCUT2D eigenvalue weighted by Gasteiger charge is 2.35. The van der Waals surface area contributed by atoms with E-state index in [1.807, 2.05) is 6.20 Å². The van der Waals surface area contributed by atoms with E-state index in [1.165, 1.54) is 55.5 Å². The maximum absolute atomic E-state index is 7.00. The molecule has 0 spiro atoms. The van der Waals surface area contributed by atoms with Crippen LogP contribution in [0.25, 0.3) is 38.8 Å². The minimum absolute atomic E-state index is 0.0473. The monoisotopic (exact) mass is 1020 g/mol. The van der Waals surface area contributed by atoms with Gasteiger partial charge in [0.25, 0.3) is 0 Å². The average molecular weight is 1020 g/mol. The normalized spacial score (nSPS) is 13.1. The first-order chi connectivity index (χ1) is 37.5. The number of rotatable bonds is 12. The highest BCUT2D eigenvalue weighted by atomic mass is 16.5. The van der Waals surface area contributed by atoms with Crippen LogP contribution in [-0.2, 0) is 21.7 Å². The quantitative estimate of drug-likeness (QED) is 0.122. The summed E-state index contributed by atoms with van der Waals surface area (Å²) in [5.41, 5.74) is 17.0. The smallest absolute Gasteiger partial charge is 0.137 e. The molecule has 0 saturated carbocycles. The van der Waals surface area contributed by atoms with Crippen molar-refractivity contribution in [2.45, 2.75) is 84.0 Å². The molecular formula is C73H68N4O. The van der Waals surface area contributed by atoms with Crippen LogP contribution in [0.4, 0.5) is 22.7 Å². The Morgan fingerprint density at radius 1 is 0.359 bits per heavy atom. The van der Waals surface area contributed by atoms with E-state index in [0.29, 0.717) is 6.67 Å². The molecule has 0 amide bonds. The van der Waals surface area contributed by atoms with E-state index in [2.05, 4.69) is 307 Å². The van der Waals surface area contributed by atoms with Gasteiger partial charge in [0.1, 0.15) is 24.0 Å². The van der Waals surface area contributed by atoms with Crippen molar-refractivity contribution in [3.05, 3.63) is 276 Å². The molecule has 9 aromatic carbocycles. The molecule has 0 bridgehead atoms. The van der Waals surface area contributed by atoms with Gasteiger partial charge in [0, 0.05) is 56.7 Å². The summed E-state index contributed by atoms with van der Waals surface area (Å²) in [6.07, 6.45) is 1.94. The summed E-state index contributed by atoms with van der Waals surface area (Å²) >= 11 is 0. The zero-order chi connectivity index (χ0) is 54.0. The summed E-state index contributed by atoms with van der Waals surface area (Å²) in [4.78, 5) is 9.98. The van der Waals surface area contributed by atoms with Gasteiger partial charge >= 0.3 is 0 Å². The molecule has 0 atom stereocenters. The molecule has 0 radical (unpaired) electrons. The van der Waals surface area contributed by atoms with E-state index in [0.717, 1.165) is 56.5 Å². The molecule has 0 aliphatic carbocycles. The molecule has 3 heterocycles. The van der Waals surface area contributed by atoms with Crippen molar-refractivity contribution < 1.29 is 4.74 Å². The summed E-state index contributed by atoms with van der Waals surface area (Å²) < 4.78 is 9.29. The van der Waals surface area contributed by atoms with Crippen LogP contribution in [0.3, 0.4) is 0 Å². The van der Waals surface area contributed by atoms with Gasteiger partial charge in [-0.05, 0) is 128 Å². The second-order valence-corrected chi connectivity index (χ2v) is 23.8. The summed E-state index contributed by atoms with van der Waals surface area (Å²) in [7, 11) is 0. The van der Waals surface area contributed by atoms with Crippen LogP contribution >= 0.6 is 0 Å². The van der Waals surface area contributed by atoms with Gasteiger partial charge in [0.05, 0.1) is 22.4 Å². The highest BCUT2D eigenvalue weighted by molar-refractivity contribution is 6.10. The van der Waals surface area contributed by atoms with Crippen LogP contribution in [-0.4, -0.2) is 16.2 Å². The molecule has 0 fully saturated rings. The lowest BCUT2D eigenvalue weighted by Gasteiger charge is -2.33. The van der Waals surface area contributed by atoms with Crippen molar-refractivity contribution >= 4 is 44.6 Å². The SMILES string of the molecule is CC(C)(C)c1ccnc(-n2c3ccc(-c4ccccc4)cc3c3ccc(Oc4cccc(N5CN(c6cc(C(C)(C)c7ccccc7)cc(C(C)(C)c7ccccc7)c6)c6ccc(C(C)(C)c7ccccc7)cc65)c4)cc32)c1. The molecule has 0 N–H and O–H groups in total.